The highest BCUT2D eigenvalue weighted by atomic mass is 32.1. The van der Waals surface area contributed by atoms with Gasteiger partial charge in [0.2, 0.25) is 0 Å². The molecule has 0 bridgehead atoms. The van der Waals surface area contributed by atoms with Crippen LogP contribution in [0.25, 0.3) is 0 Å². The van der Waals surface area contributed by atoms with E-state index in [1.807, 2.05) is 30.3 Å². The number of carbonyl (C=O) groups excluding carboxylic acids is 3. The average Bonchev–Trinajstić information content (AvgIpc) is 3.33. The van der Waals surface area contributed by atoms with Crippen LogP contribution in [0.4, 0.5) is 5.00 Å². The van der Waals surface area contributed by atoms with Crippen LogP contribution in [0.15, 0.2) is 53.6 Å². The van der Waals surface area contributed by atoms with Gasteiger partial charge in [-0.05, 0) is 68.9 Å². The first-order chi connectivity index (χ1) is 18.9. The first-order valence-corrected chi connectivity index (χ1v) is 13.5. The minimum Gasteiger partial charge on any atom is -0.493 e. The van der Waals surface area contributed by atoms with Gasteiger partial charge >= 0.3 is 17.8 Å². The maximum absolute atomic E-state index is 12.7. The molecule has 3 aromatic rings. The zero-order valence-electron chi connectivity index (χ0n) is 22.2. The fraction of sp³-hybridized carbons (Fsp3) is 0.310. The highest BCUT2D eigenvalue weighted by molar-refractivity contribution is 7.17. The van der Waals surface area contributed by atoms with Crippen molar-refractivity contribution in [3.63, 3.8) is 0 Å². The Morgan fingerprint density at radius 2 is 1.77 bits per heavy atom. The number of hydrogen-bond acceptors (Lipinski definition) is 8. The van der Waals surface area contributed by atoms with E-state index in [9.17, 15) is 14.4 Å². The van der Waals surface area contributed by atoms with Crippen molar-refractivity contribution in [2.45, 2.75) is 46.1 Å². The molecule has 0 saturated heterocycles. The Morgan fingerprint density at radius 1 is 1.00 bits per heavy atom. The summed E-state index contributed by atoms with van der Waals surface area (Å²) >= 11 is 1.32. The molecule has 2 amide bonds. The second-order valence-corrected chi connectivity index (χ2v) is 9.97. The lowest BCUT2D eigenvalue weighted by molar-refractivity contribution is -0.136. The Hall–Kier alpha value is -4.18. The first kappa shape index (κ1) is 27.8. The Kier molecular flexibility index (Phi) is 9.32. The van der Waals surface area contributed by atoms with E-state index in [1.165, 1.54) is 11.3 Å². The van der Waals surface area contributed by atoms with E-state index in [1.54, 1.807) is 39.2 Å². The molecular weight excluding hydrogens is 518 g/mol. The fourth-order valence-corrected chi connectivity index (χ4v) is 5.50. The molecule has 9 nitrogen and oxygen atoms in total. The van der Waals surface area contributed by atoms with Crippen LogP contribution in [-0.2, 0) is 33.8 Å². The minimum absolute atomic E-state index is 0.218. The summed E-state index contributed by atoms with van der Waals surface area (Å²) in [7, 11) is 1.54. The summed E-state index contributed by atoms with van der Waals surface area (Å²) in [5.74, 6) is -1.29. The molecule has 204 valence electrons. The molecule has 1 aromatic heterocycles. The Bertz CT molecular complexity index is 1380. The van der Waals surface area contributed by atoms with E-state index in [0.29, 0.717) is 39.9 Å². The monoisotopic (exact) mass is 549 g/mol. The Balaban J connectivity index is 1.41. The standard InChI is InChI=1S/C29H31N3O6S/c1-4-37-29(35)25-21-12-8-9-13-24(21)39-28(25)30-26(33)27(34)32-31-18(2)20-14-15-22(23(16-20)36-3)38-17-19-10-6-5-7-11-19/h5-7,10-11,14-16H,4,8-9,12-13,17H2,1-3H3,(H,30,33)(H,32,34). The molecular formula is C29H31N3O6S. The molecule has 1 aliphatic carbocycles. The number of thiophene rings is 1. The number of amides is 2. The average molecular weight is 550 g/mol. The number of benzene rings is 2. The number of anilines is 1. The van der Waals surface area contributed by atoms with Gasteiger partial charge in [-0.2, -0.15) is 5.10 Å². The van der Waals surface area contributed by atoms with Crippen LogP contribution in [0.5, 0.6) is 11.5 Å². The Labute approximate surface area is 231 Å². The molecule has 0 spiro atoms. The van der Waals surface area contributed by atoms with Gasteiger partial charge in [-0.1, -0.05) is 30.3 Å². The number of nitrogens with one attached hydrogen (secondary N) is 2. The van der Waals surface area contributed by atoms with Crippen LogP contribution in [0.2, 0.25) is 0 Å². The first-order valence-electron chi connectivity index (χ1n) is 12.7. The number of aryl methyl sites for hydroxylation is 1. The van der Waals surface area contributed by atoms with Crippen molar-refractivity contribution in [2.75, 3.05) is 19.0 Å². The van der Waals surface area contributed by atoms with Gasteiger partial charge in [-0.15, -0.1) is 11.3 Å². The van der Waals surface area contributed by atoms with Crippen LogP contribution < -0.4 is 20.2 Å². The summed E-state index contributed by atoms with van der Waals surface area (Å²) in [5, 5.41) is 6.99. The van der Waals surface area contributed by atoms with Crippen molar-refractivity contribution in [1.82, 2.24) is 5.43 Å². The Morgan fingerprint density at radius 3 is 2.51 bits per heavy atom. The largest absolute Gasteiger partial charge is 0.493 e. The predicted molar refractivity (Wildman–Crippen MR) is 150 cm³/mol. The van der Waals surface area contributed by atoms with E-state index in [4.69, 9.17) is 14.2 Å². The molecule has 10 heteroatoms. The lowest BCUT2D eigenvalue weighted by atomic mass is 9.95. The van der Waals surface area contributed by atoms with Crippen LogP contribution in [0, 0.1) is 0 Å². The molecule has 39 heavy (non-hydrogen) atoms. The number of esters is 1. The van der Waals surface area contributed by atoms with Crippen molar-refractivity contribution in [1.29, 1.82) is 0 Å². The predicted octanol–water partition coefficient (Wildman–Crippen LogP) is 4.87. The molecule has 0 fully saturated rings. The van der Waals surface area contributed by atoms with Gasteiger partial charge in [0.25, 0.3) is 0 Å². The summed E-state index contributed by atoms with van der Waals surface area (Å²) < 4.78 is 16.6. The molecule has 0 unspecified atom stereocenters. The van der Waals surface area contributed by atoms with Crippen molar-refractivity contribution in [3.05, 3.63) is 75.7 Å². The van der Waals surface area contributed by atoms with E-state index < -0.39 is 17.8 Å². The number of fused-ring (bicyclic) bond motifs is 1. The minimum atomic E-state index is -0.953. The van der Waals surface area contributed by atoms with Gasteiger partial charge in [-0.25, -0.2) is 10.2 Å². The highest BCUT2D eigenvalue weighted by Gasteiger charge is 2.28. The van der Waals surface area contributed by atoms with Crippen LogP contribution in [-0.4, -0.2) is 37.2 Å². The quantitative estimate of drug-likeness (QED) is 0.170. The number of methoxy groups -OCH3 is 1. The molecule has 0 saturated carbocycles. The summed E-state index contributed by atoms with van der Waals surface area (Å²) in [6.45, 7) is 4.03. The van der Waals surface area contributed by atoms with E-state index in [-0.39, 0.29) is 6.61 Å². The van der Waals surface area contributed by atoms with Crippen molar-refractivity contribution in [2.24, 2.45) is 5.10 Å². The van der Waals surface area contributed by atoms with E-state index in [0.717, 1.165) is 41.7 Å². The summed E-state index contributed by atoms with van der Waals surface area (Å²) in [5.41, 5.74) is 5.70. The lowest BCUT2D eigenvalue weighted by Gasteiger charge is -2.12. The van der Waals surface area contributed by atoms with Crippen LogP contribution in [0.3, 0.4) is 0 Å². The fourth-order valence-electron chi connectivity index (χ4n) is 4.23. The second kappa shape index (κ2) is 13.1. The third kappa shape index (κ3) is 6.83. The molecule has 4 rings (SSSR count). The van der Waals surface area contributed by atoms with Crippen molar-refractivity contribution >= 4 is 39.8 Å². The van der Waals surface area contributed by atoms with Gasteiger partial charge in [0.15, 0.2) is 11.5 Å². The van der Waals surface area contributed by atoms with Crippen molar-refractivity contribution in [3.8, 4) is 11.5 Å². The molecule has 1 aliphatic rings. The normalized spacial score (nSPS) is 12.7. The smallest absolute Gasteiger partial charge is 0.341 e. The molecule has 0 radical (unpaired) electrons. The number of hydrogen-bond donors (Lipinski definition) is 2. The van der Waals surface area contributed by atoms with Gasteiger partial charge in [0.05, 0.1) is 25.0 Å². The number of carbonyl (C=O) groups is 3. The third-order valence-electron chi connectivity index (χ3n) is 6.23. The van der Waals surface area contributed by atoms with Crippen LogP contribution >= 0.6 is 11.3 Å². The maximum Gasteiger partial charge on any atom is 0.341 e. The third-order valence-corrected chi connectivity index (χ3v) is 7.44. The van der Waals surface area contributed by atoms with E-state index in [2.05, 4.69) is 15.8 Å². The van der Waals surface area contributed by atoms with Crippen molar-refractivity contribution < 1.29 is 28.6 Å². The zero-order chi connectivity index (χ0) is 27.8. The zero-order valence-corrected chi connectivity index (χ0v) is 23.0. The summed E-state index contributed by atoms with van der Waals surface area (Å²) in [4.78, 5) is 38.9. The highest BCUT2D eigenvalue weighted by Crippen LogP contribution is 2.38. The van der Waals surface area contributed by atoms with Gasteiger partial charge in [0.1, 0.15) is 11.6 Å². The number of ether oxygens (including phenoxy) is 3. The maximum atomic E-state index is 12.7. The van der Waals surface area contributed by atoms with Gasteiger partial charge < -0.3 is 19.5 Å². The van der Waals surface area contributed by atoms with Gasteiger partial charge in [0, 0.05) is 10.4 Å². The molecule has 0 aliphatic heterocycles. The second-order valence-electron chi connectivity index (χ2n) is 8.87. The molecule has 2 aromatic carbocycles. The number of rotatable bonds is 9. The molecule has 2 N–H and O–H groups in total. The topological polar surface area (TPSA) is 115 Å². The molecule has 0 atom stereocenters. The molecule has 1 heterocycles. The summed E-state index contributed by atoms with van der Waals surface area (Å²) in [6.07, 6.45) is 3.55. The number of hydrazone groups is 1. The number of nitrogens with zero attached hydrogens (tertiary/aromatic N) is 1. The van der Waals surface area contributed by atoms with E-state index >= 15 is 0 Å². The van der Waals surface area contributed by atoms with Crippen LogP contribution in [0.1, 0.15) is 58.6 Å². The summed E-state index contributed by atoms with van der Waals surface area (Å²) in [6, 6.07) is 15.1. The SMILES string of the molecule is CCOC(=O)c1c(NC(=O)C(=O)NN=C(C)c2ccc(OCc3ccccc3)c(OC)c2)sc2c1CCCC2. The van der Waals surface area contributed by atoms with Gasteiger partial charge in [-0.3, -0.25) is 9.59 Å². The lowest BCUT2D eigenvalue weighted by Crippen LogP contribution is -2.33.